The van der Waals surface area contributed by atoms with Crippen LogP contribution in [0.1, 0.15) is 30.5 Å². The molecular weight excluding hydrogens is 358 g/mol. The molecule has 1 N–H and O–H groups in total. The molecule has 1 aliphatic heterocycles. The van der Waals surface area contributed by atoms with Crippen molar-refractivity contribution in [2.24, 2.45) is 0 Å². The second kappa shape index (κ2) is 7.72. The van der Waals surface area contributed by atoms with Crippen molar-refractivity contribution in [3.63, 3.8) is 0 Å². The van der Waals surface area contributed by atoms with Gasteiger partial charge in [0.2, 0.25) is 10.0 Å². The third kappa shape index (κ3) is 4.40. The fraction of sp³-hybridized carbons (Fsp3) is 0.368. The lowest BCUT2D eigenvalue weighted by Gasteiger charge is -2.20. The highest BCUT2D eigenvalue weighted by atomic mass is 32.2. The Morgan fingerprint density at radius 2 is 1.88 bits per heavy atom. The average molecular weight is 380 g/mol. The van der Waals surface area contributed by atoms with Crippen molar-refractivity contribution in [3.8, 4) is 0 Å². The fourth-order valence-corrected chi connectivity index (χ4v) is 4.74. The van der Waals surface area contributed by atoms with E-state index < -0.39 is 21.7 Å². The first-order valence-corrected chi connectivity index (χ1v) is 10.2. The van der Waals surface area contributed by atoms with E-state index in [0.717, 1.165) is 11.6 Å². The van der Waals surface area contributed by atoms with E-state index in [1.54, 1.807) is 6.07 Å². The maximum Gasteiger partial charge on any atom is 0.235 e. The van der Waals surface area contributed by atoms with Gasteiger partial charge in [-0.2, -0.15) is 0 Å². The van der Waals surface area contributed by atoms with Gasteiger partial charge in [-0.3, -0.25) is 4.31 Å². The summed E-state index contributed by atoms with van der Waals surface area (Å²) in [6.07, 6.45) is 1.14. The molecule has 0 bridgehead atoms. The highest BCUT2D eigenvalue weighted by molar-refractivity contribution is 7.93. The molecule has 1 heterocycles. The number of nitrogens with zero attached hydrogens (tertiary/aromatic N) is 1. The van der Waals surface area contributed by atoms with Gasteiger partial charge in [-0.05, 0) is 61.7 Å². The highest BCUT2D eigenvalue weighted by Crippen LogP contribution is 2.26. The summed E-state index contributed by atoms with van der Waals surface area (Å²) in [4.78, 5) is 0. The smallest absolute Gasteiger partial charge is 0.235 e. The van der Waals surface area contributed by atoms with Crippen molar-refractivity contribution in [1.29, 1.82) is 0 Å². The van der Waals surface area contributed by atoms with Gasteiger partial charge in [0.05, 0.1) is 11.4 Å². The zero-order valence-corrected chi connectivity index (χ0v) is 15.4. The van der Waals surface area contributed by atoms with E-state index in [4.69, 9.17) is 0 Å². The van der Waals surface area contributed by atoms with E-state index in [0.29, 0.717) is 37.2 Å². The maximum absolute atomic E-state index is 13.2. The van der Waals surface area contributed by atoms with E-state index in [1.807, 2.05) is 25.1 Å². The van der Waals surface area contributed by atoms with Gasteiger partial charge in [-0.25, -0.2) is 17.2 Å². The first kappa shape index (κ1) is 18.8. The Morgan fingerprint density at radius 1 is 1.15 bits per heavy atom. The molecule has 1 aliphatic rings. The summed E-state index contributed by atoms with van der Waals surface area (Å²) in [6, 6.07) is 11.0. The average Bonchev–Trinajstić information content (AvgIpc) is 2.93. The molecule has 3 rings (SSSR count). The van der Waals surface area contributed by atoms with Crippen molar-refractivity contribution in [1.82, 2.24) is 5.32 Å². The minimum absolute atomic E-state index is 0.0151. The van der Waals surface area contributed by atoms with Gasteiger partial charge < -0.3 is 5.32 Å². The van der Waals surface area contributed by atoms with Gasteiger partial charge in [0, 0.05) is 18.7 Å². The van der Waals surface area contributed by atoms with Crippen LogP contribution in [0, 0.1) is 11.6 Å². The largest absolute Gasteiger partial charge is 0.310 e. The second-order valence-electron chi connectivity index (χ2n) is 6.54. The Bertz CT molecular complexity index is 867. The number of benzene rings is 2. The third-order valence-electron chi connectivity index (χ3n) is 4.54. The predicted octanol–water partition coefficient (Wildman–Crippen LogP) is 3.40. The van der Waals surface area contributed by atoms with Gasteiger partial charge in [0.25, 0.3) is 0 Å². The minimum Gasteiger partial charge on any atom is -0.310 e. The van der Waals surface area contributed by atoms with Crippen LogP contribution >= 0.6 is 0 Å². The van der Waals surface area contributed by atoms with Crippen LogP contribution in [0.25, 0.3) is 0 Å². The Hall–Kier alpha value is -1.99. The van der Waals surface area contributed by atoms with Gasteiger partial charge in [0.1, 0.15) is 11.6 Å². The maximum atomic E-state index is 13.2. The summed E-state index contributed by atoms with van der Waals surface area (Å²) in [6.45, 7) is 3.04. The van der Waals surface area contributed by atoms with Crippen molar-refractivity contribution >= 4 is 15.7 Å². The lowest BCUT2D eigenvalue weighted by Crippen LogP contribution is -2.26. The number of rotatable bonds is 6. The van der Waals surface area contributed by atoms with E-state index >= 15 is 0 Å². The normalized spacial score (nSPS) is 17.4. The molecule has 1 fully saturated rings. The molecule has 2 aromatic rings. The van der Waals surface area contributed by atoms with Crippen LogP contribution in [0.3, 0.4) is 0 Å². The van der Waals surface area contributed by atoms with Crippen molar-refractivity contribution in [3.05, 3.63) is 65.2 Å². The fourth-order valence-electron chi connectivity index (χ4n) is 3.18. The molecule has 0 aliphatic carbocycles. The number of sulfonamides is 1. The Labute approximate surface area is 152 Å². The van der Waals surface area contributed by atoms with Gasteiger partial charge in [-0.15, -0.1) is 0 Å². The number of halogens is 2. The first-order valence-electron chi connectivity index (χ1n) is 8.64. The van der Waals surface area contributed by atoms with Crippen LogP contribution in [0.2, 0.25) is 0 Å². The molecule has 140 valence electrons. The van der Waals surface area contributed by atoms with E-state index in [-0.39, 0.29) is 11.8 Å². The summed E-state index contributed by atoms with van der Waals surface area (Å²) in [7, 11) is -3.20. The van der Waals surface area contributed by atoms with Gasteiger partial charge in [0.15, 0.2) is 0 Å². The zero-order chi connectivity index (χ0) is 18.7. The van der Waals surface area contributed by atoms with Gasteiger partial charge >= 0.3 is 0 Å². The van der Waals surface area contributed by atoms with Crippen LogP contribution in [0.5, 0.6) is 0 Å². The molecule has 1 unspecified atom stereocenters. The molecular formula is C19H22F2N2O2S. The highest BCUT2D eigenvalue weighted by Gasteiger charge is 2.28. The van der Waals surface area contributed by atoms with Crippen LogP contribution in [0.15, 0.2) is 42.5 Å². The third-order valence-corrected chi connectivity index (χ3v) is 6.41. The number of nitrogens with one attached hydrogen (secondary N) is 1. The second-order valence-corrected chi connectivity index (χ2v) is 8.55. The van der Waals surface area contributed by atoms with Gasteiger partial charge in [-0.1, -0.05) is 12.1 Å². The summed E-state index contributed by atoms with van der Waals surface area (Å²) in [5.74, 6) is -0.963. The molecule has 1 saturated heterocycles. The lowest BCUT2D eigenvalue weighted by atomic mass is 10.1. The zero-order valence-electron chi connectivity index (χ0n) is 14.6. The summed E-state index contributed by atoms with van der Waals surface area (Å²) >= 11 is 0. The number of anilines is 1. The molecule has 0 aromatic heterocycles. The van der Waals surface area contributed by atoms with E-state index in [1.165, 1.54) is 16.4 Å². The van der Waals surface area contributed by atoms with Crippen molar-refractivity contribution in [2.45, 2.75) is 25.8 Å². The standard InChI is InChI=1S/C19H22F2N2O2S/c1-14(22-7-6-15-10-17(20)13-18(21)11-15)16-4-2-5-19(12-16)23-8-3-9-26(23,24)25/h2,4-5,10-14,22H,3,6-9H2,1H3. The predicted molar refractivity (Wildman–Crippen MR) is 98.7 cm³/mol. The summed E-state index contributed by atoms with van der Waals surface area (Å²) in [5.41, 5.74) is 2.25. The summed E-state index contributed by atoms with van der Waals surface area (Å²) < 4.78 is 52.0. The quantitative estimate of drug-likeness (QED) is 0.836. The van der Waals surface area contributed by atoms with Crippen LogP contribution in [0.4, 0.5) is 14.5 Å². The molecule has 0 amide bonds. The molecule has 0 radical (unpaired) electrons. The van der Waals surface area contributed by atoms with E-state index in [9.17, 15) is 17.2 Å². The van der Waals surface area contributed by atoms with Crippen LogP contribution in [-0.2, 0) is 16.4 Å². The molecule has 0 saturated carbocycles. The minimum atomic E-state index is -3.20. The monoisotopic (exact) mass is 380 g/mol. The Balaban J connectivity index is 1.63. The van der Waals surface area contributed by atoms with Crippen LogP contribution < -0.4 is 9.62 Å². The molecule has 1 atom stereocenters. The summed E-state index contributed by atoms with van der Waals surface area (Å²) in [5, 5.41) is 3.31. The van der Waals surface area contributed by atoms with E-state index in [2.05, 4.69) is 5.32 Å². The number of hydrogen-bond acceptors (Lipinski definition) is 3. The number of hydrogen-bond donors (Lipinski definition) is 1. The Morgan fingerprint density at radius 3 is 2.54 bits per heavy atom. The molecule has 2 aromatic carbocycles. The van der Waals surface area contributed by atoms with Crippen molar-refractivity contribution < 1.29 is 17.2 Å². The van der Waals surface area contributed by atoms with Crippen molar-refractivity contribution in [2.75, 3.05) is 23.1 Å². The molecule has 7 heteroatoms. The Kier molecular flexibility index (Phi) is 5.58. The molecule has 0 spiro atoms. The molecule has 4 nitrogen and oxygen atoms in total. The SMILES string of the molecule is CC(NCCc1cc(F)cc(F)c1)c1cccc(N2CCCS2(=O)=O)c1. The first-order chi connectivity index (χ1) is 12.3. The van der Waals surface area contributed by atoms with Crippen LogP contribution in [-0.4, -0.2) is 27.3 Å². The molecule has 26 heavy (non-hydrogen) atoms. The topological polar surface area (TPSA) is 49.4 Å². The lowest BCUT2D eigenvalue weighted by molar-refractivity contribution is 0.563.